The van der Waals surface area contributed by atoms with Crippen LogP contribution in [0, 0.1) is 5.82 Å². The van der Waals surface area contributed by atoms with E-state index in [-0.39, 0.29) is 11.6 Å². The first kappa shape index (κ1) is 15.7. The summed E-state index contributed by atoms with van der Waals surface area (Å²) in [6.45, 7) is 5.25. The molecule has 5 nitrogen and oxygen atoms in total. The van der Waals surface area contributed by atoms with Crippen molar-refractivity contribution < 1.29 is 9.18 Å². The van der Waals surface area contributed by atoms with Crippen LogP contribution >= 0.6 is 0 Å². The first-order chi connectivity index (χ1) is 9.99. The molecule has 1 saturated heterocycles. The van der Waals surface area contributed by atoms with Crippen molar-refractivity contribution in [1.29, 1.82) is 0 Å². The molecule has 1 aromatic rings. The molecule has 1 amide bonds. The van der Waals surface area contributed by atoms with E-state index in [0.29, 0.717) is 18.3 Å². The number of amides is 1. The third kappa shape index (κ3) is 4.15. The fraction of sp³-hybridized carbons (Fsp3) is 0.533. The van der Waals surface area contributed by atoms with E-state index < -0.39 is 5.82 Å². The molecule has 1 aliphatic heterocycles. The van der Waals surface area contributed by atoms with Gasteiger partial charge in [0.15, 0.2) is 0 Å². The van der Waals surface area contributed by atoms with Gasteiger partial charge in [0.25, 0.3) is 0 Å². The molecule has 1 unspecified atom stereocenters. The molecular formula is C15H23FN4O. The second kappa shape index (κ2) is 6.87. The lowest BCUT2D eigenvalue weighted by Crippen LogP contribution is -2.52. The maximum Gasteiger partial charge on any atom is 0.238 e. The zero-order valence-corrected chi connectivity index (χ0v) is 12.6. The first-order valence-corrected chi connectivity index (χ1v) is 7.27. The van der Waals surface area contributed by atoms with Crippen LogP contribution in [0.25, 0.3) is 0 Å². The number of hydrogen-bond donors (Lipinski definition) is 2. The topological polar surface area (TPSA) is 61.6 Å². The Bertz CT molecular complexity index is 508. The molecule has 0 saturated carbocycles. The minimum Gasteiger partial charge on any atom is -0.396 e. The van der Waals surface area contributed by atoms with Gasteiger partial charge in [0.1, 0.15) is 5.82 Å². The standard InChI is InChI=1S/C15H23FN4O/c1-3-12-9-20(7-6-19(12)2)10-15(21)18-11-4-5-13(16)14(17)8-11/h4-5,8,12H,3,6-7,9-10,17H2,1-2H3,(H,18,21). The summed E-state index contributed by atoms with van der Waals surface area (Å²) in [5.41, 5.74) is 6.06. The fourth-order valence-corrected chi connectivity index (χ4v) is 2.62. The molecule has 2 rings (SSSR count). The van der Waals surface area contributed by atoms with Crippen molar-refractivity contribution in [3.8, 4) is 0 Å². The number of nitrogens with two attached hydrogens (primary N) is 1. The zero-order valence-electron chi connectivity index (χ0n) is 12.6. The molecular weight excluding hydrogens is 271 g/mol. The maximum absolute atomic E-state index is 13.1. The first-order valence-electron chi connectivity index (χ1n) is 7.27. The van der Waals surface area contributed by atoms with Crippen molar-refractivity contribution in [3.63, 3.8) is 0 Å². The maximum atomic E-state index is 13.1. The third-order valence-corrected chi connectivity index (χ3v) is 3.98. The Morgan fingerprint density at radius 2 is 2.24 bits per heavy atom. The summed E-state index contributed by atoms with van der Waals surface area (Å²) in [7, 11) is 2.12. The van der Waals surface area contributed by atoms with E-state index in [9.17, 15) is 9.18 Å². The number of halogens is 1. The van der Waals surface area contributed by atoms with Crippen LogP contribution in [0.1, 0.15) is 13.3 Å². The Kier molecular flexibility index (Phi) is 5.14. The summed E-state index contributed by atoms with van der Waals surface area (Å²) in [6.07, 6.45) is 1.07. The lowest BCUT2D eigenvalue weighted by molar-refractivity contribution is -0.118. The molecule has 1 aliphatic rings. The Balaban J connectivity index is 1.88. The lowest BCUT2D eigenvalue weighted by atomic mass is 10.1. The minimum absolute atomic E-state index is 0.0402. The summed E-state index contributed by atoms with van der Waals surface area (Å²) >= 11 is 0. The number of carbonyl (C=O) groups is 1. The van der Waals surface area contributed by atoms with Gasteiger partial charge >= 0.3 is 0 Å². The summed E-state index contributed by atoms with van der Waals surface area (Å²) in [5, 5.41) is 2.76. The monoisotopic (exact) mass is 294 g/mol. The molecule has 1 fully saturated rings. The lowest BCUT2D eigenvalue weighted by Gasteiger charge is -2.38. The van der Waals surface area contributed by atoms with Crippen LogP contribution in [0.2, 0.25) is 0 Å². The zero-order chi connectivity index (χ0) is 15.4. The molecule has 1 aromatic carbocycles. The van der Waals surface area contributed by atoms with Crippen LogP contribution < -0.4 is 11.1 Å². The molecule has 1 atom stereocenters. The van der Waals surface area contributed by atoms with Gasteiger partial charge in [-0.25, -0.2) is 4.39 Å². The number of likely N-dealkylation sites (N-methyl/N-ethyl adjacent to an activating group) is 1. The van der Waals surface area contributed by atoms with Crippen LogP contribution in [-0.4, -0.2) is 55.0 Å². The van der Waals surface area contributed by atoms with E-state index in [0.717, 1.165) is 26.1 Å². The van der Waals surface area contributed by atoms with Crippen molar-refractivity contribution in [2.24, 2.45) is 0 Å². The van der Waals surface area contributed by atoms with Crippen LogP contribution in [0.3, 0.4) is 0 Å². The molecule has 1 heterocycles. The molecule has 0 spiro atoms. The number of rotatable bonds is 4. The highest BCUT2D eigenvalue weighted by Gasteiger charge is 2.24. The van der Waals surface area contributed by atoms with Gasteiger partial charge in [-0.3, -0.25) is 9.69 Å². The van der Waals surface area contributed by atoms with Gasteiger partial charge in [0, 0.05) is 31.4 Å². The number of anilines is 2. The Hall–Kier alpha value is -1.66. The highest BCUT2D eigenvalue weighted by atomic mass is 19.1. The van der Waals surface area contributed by atoms with Crippen molar-refractivity contribution in [1.82, 2.24) is 9.80 Å². The number of nitrogens with zero attached hydrogens (tertiary/aromatic N) is 2. The van der Waals surface area contributed by atoms with Crippen LogP contribution in [0.5, 0.6) is 0 Å². The fourth-order valence-electron chi connectivity index (χ4n) is 2.62. The largest absolute Gasteiger partial charge is 0.396 e. The Morgan fingerprint density at radius 1 is 1.48 bits per heavy atom. The normalized spacial score (nSPS) is 20.4. The predicted molar refractivity (Wildman–Crippen MR) is 82.6 cm³/mol. The Labute approximate surface area is 124 Å². The van der Waals surface area contributed by atoms with E-state index in [1.54, 1.807) is 0 Å². The van der Waals surface area contributed by atoms with Crippen molar-refractivity contribution in [2.75, 3.05) is 44.3 Å². The van der Waals surface area contributed by atoms with Crippen molar-refractivity contribution in [2.45, 2.75) is 19.4 Å². The smallest absolute Gasteiger partial charge is 0.238 e. The van der Waals surface area contributed by atoms with Crippen LogP contribution in [-0.2, 0) is 4.79 Å². The van der Waals surface area contributed by atoms with E-state index in [1.165, 1.54) is 18.2 Å². The second-order valence-electron chi connectivity index (χ2n) is 5.56. The number of carbonyl (C=O) groups excluding carboxylic acids is 1. The van der Waals surface area contributed by atoms with Crippen molar-refractivity contribution in [3.05, 3.63) is 24.0 Å². The molecule has 21 heavy (non-hydrogen) atoms. The van der Waals surface area contributed by atoms with E-state index in [2.05, 4.69) is 29.1 Å². The van der Waals surface area contributed by atoms with Crippen LogP contribution in [0.4, 0.5) is 15.8 Å². The highest BCUT2D eigenvalue weighted by molar-refractivity contribution is 5.92. The molecule has 0 bridgehead atoms. The summed E-state index contributed by atoms with van der Waals surface area (Å²) in [4.78, 5) is 16.5. The quantitative estimate of drug-likeness (QED) is 0.824. The molecule has 116 valence electrons. The number of benzene rings is 1. The average Bonchev–Trinajstić information content (AvgIpc) is 2.45. The van der Waals surface area contributed by atoms with Gasteiger partial charge in [0.2, 0.25) is 5.91 Å². The van der Waals surface area contributed by atoms with Gasteiger partial charge in [-0.1, -0.05) is 6.92 Å². The van der Waals surface area contributed by atoms with E-state index in [1.807, 2.05) is 0 Å². The van der Waals surface area contributed by atoms with E-state index >= 15 is 0 Å². The molecule has 3 N–H and O–H groups in total. The predicted octanol–water partition coefficient (Wildman–Crippen LogP) is 1.37. The molecule has 0 aliphatic carbocycles. The summed E-state index contributed by atoms with van der Waals surface area (Å²) in [5.74, 6) is -0.571. The van der Waals surface area contributed by atoms with E-state index in [4.69, 9.17) is 5.73 Å². The summed E-state index contributed by atoms with van der Waals surface area (Å²) in [6, 6.07) is 4.70. The summed E-state index contributed by atoms with van der Waals surface area (Å²) < 4.78 is 13.1. The van der Waals surface area contributed by atoms with Gasteiger partial charge in [-0.15, -0.1) is 0 Å². The SMILES string of the molecule is CCC1CN(CC(=O)Nc2ccc(F)c(N)c2)CCN1C. The van der Waals surface area contributed by atoms with Crippen LogP contribution in [0.15, 0.2) is 18.2 Å². The third-order valence-electron chi connectivity index (χ3n) is 3.98. The van der Waals surface area contributed by atoms with Crippen molar-refractivity contribution >= 4 is 17.3 Å². The Morgan fingerprint density at radius 3 is 2.90 bits per heavy atom. The molecule has 0 aromatic heterocycles. The minimum atomic E-state index is -0.474. The second-order valence-corrected chi connectivity index (χ2v) is 5.56. The average molecular weight is 294 g/mol. The number of piperazine rings is 1. The molecule has 6 heteroatoms. The highest BCUT2D eigenvalue weighted by Crippen LogP contribution is 2.16. The van der Waals surface area contributed by atoms with Gasteiger partial charge in [-0.05, 0) is 31.7 Å². The van der Waals surface area contributed by atoms with Gasteiger partial charge in [0.05, 0.1) is 12.2 Å². The van der Waals surface area contributed by atoms with Gasteiger partial charge < -0.3 is 16.0 Å². The van der Waals surface area contributed by atoms with Gasteiger partial charge in [-0.2, -0.15) is 0 Å². The number of nitrogens with one attached hydrogen (secondary N) is 1. The number of hydrogen-bond acceptors (Lipinski definition) is 4. The number of nitrogen functional groups attached to an aromatic ring is 1. The molecule has 0 radical (unpaired) electrons.